The third kappa shape index (κ3) is 3.85. The largest absolute Gasteiger partial charge is 0.609 e. The van der Waals surface area contributed by atoms with Gasteiger partial charge in [-0.1, -0.05) is 36.4 Å². The maximum Gasteiger partial charge on any atom is 0.354 e. The second kappa shape index (κ2) is 8.09. The zero-order chi connectivity index (χ0) is 18.6. The van der Waals surface area contributed by atoms with Crippen LogP contribution >= 0.6 is 19.6 Å². The zero-order valence-electron chi connectivity index (χ0n) is 14.4. The number of anilines is 2. The molecule has 1 aliphatic rings. The Morgan fingerprint density at radius 3 is 2.35 bits per heavy atom. The number of nitrogens with zero attached hydrogens (tertiary/aromatic N) is 1. The summed E-state index contributed by atoms with van der Waals surface area (Å²) in [7, 11) is -3.71. The number of amides is 1. The average Bonchev–Trinajstić information content (AvgIpc) is 2.63. The Morgan fingerprint density at radius 2 is 1.73 bits per heavy atom. The van der Waals surface area contributed by atoms with Crippen LogP contribution in [0.15, 0.2) is 72.0 Å². The molecule has 3 rings (SSSR count). The number of allylic oxidation sites excluding steroid dienone is 1. The minimum atomic E-state index is -3.71. The van der Waals surface area contributed by atoms with Crippen LogP contribution in [0.2, 0.25) is 0 Å². The highest BCUT2D eigenvalue weighted by Crippen LogP contribution is 2.61. The van der Waals surface area contributed by atoms with Crippen molar-refractivity contribution in [2.75, 3.05) is 15.6 Å². The van der Waals surface area contributed by atoms with E-state index in [2.05, 4.69) is 5.09 Å². The Bertz CT molecular complexity index is 801. The Balaban J connectivity index is 2.03. The zero-order valence-corrected chi connectivity index (χ0v) is 16.0. The molecule has 0 spiro atoms. The molecule has 0 saturated carbocycles. The Hall–Kier alpha value is -2.07. The van der Waals surface area contributed by atoms with E-state index in [0.29, 0.717) is 41.4 Å². The van der Waals surface area contributed by atoms with Gasteiger partial charge in [0.15, 0.2) is 5.76 Å². The predicted octanol–water partition coefficient (Wildman–Crippen LogP) is 4.49. The maximum atomic E-state index is 13.7. The summed E-state index contributed by atoms with van der Waals surface area (Å²) in [5, 5.41) is 2.92. The molecule has 7 heteroatoms. The SMILES string of the molecule is CC1=C(CCCCl)C(=O)N(c2ccccc2)[P+]([O-])(Nc2ccccc2)O1. The van der Waals surface area contributed by atoms with Crippen molar-refractivity contribution in [1.29, 1.82) is 0 Å². The lowest BCUT2D eigenvalue weighted by Crippen LogP contribution is -2.45. The molecule has 0 aliphatic carbocycles. The fourth-order valence-corrected chi connectivity index (χ4v) is 4.91. The van der Waals surface area contributed by atoms with E-state index < -0.39 is 8.02 Å². The van der Waals surface area contributed by atoms with E-state index in [1.165, 1.54) is 4.67 Å². The number of hydrogen-bond donors (Lipinski definition) is 1. The molecule has 1 aliphatic heterocycles. The molecule has 5 nitrogen and oxygen atoms in total. The summed E-state index contributed by atoms with van der Waals surface area (Å²) in [6, 6.07) is 17.9. The van der Waals surface area contributed by atoms with E-state index >= 15 is 0 Å². The smallest absolute Gasteiger partial charge is 0.354 e. The van der Waals surface area contributed by atoms with Crippen molar-refractivity contribution in [1.82, 2.24) is 0 Å². The summed E-state index contributed by atoms with van der Waals surface area (Å²) in [5.74, 6) is 0.492. The monoisotopic (exact) mass is 390 g/mol. The van der Waals surface area contributed by atoms with E-state index in [0.717, 1.165) is 0 Å². The van der Waals surface area contributed by atoms with Gasteiger partial charge in [-0.15, -0.1) is 16.3 Å². The summed E-state index contributed by atoms with van der Waals surface area (Å²) < 4.78 is 7.04. The first kappa shape index (κ1) is 18.7. The lowest BCUT2D eigenvalue weighted by molar-refractivity contribution is -0.189. The van der Waals surface area contributed by atoms with Crippen LogP contribution in [0.1, 0.15) is 19.8 Å². The number of rotatable bonds is 6. The molecular weight excluding hydrogens is 371 g/mol. The maximum absolute atomic E-state index is 13.7. The molecule has 2 aromatic rings. The molecule has 0 aromatic heterocycles. The van der Waals surface area contributed by atoms with Crippen LogP contribution < -0.4 is 14.7 Å². The molecule has 1 amide bonds. The molecule has 0 bridgehead atoms. The molecule has 2 aromatic carbocycles. The second-order valence-electron chi connectivity index (χ2n) is 5.87. The molecule has 1 heterocycles. The highest BCUT2D eigenvalue weighted by Gasteiger charge is 2.49. The van der Waals surface area contributed by atoms with Gasteiger partial charge in [0.05, 0.1) is 16.9 Å². The minimum Gasteiger partial charge on any atom is -0.609 e. The van der Waals surface area contributed by atoms with Crippen molar-refractivity contribution in [3.63, 3.8) is 0 Å². The highest BCUT2D eigenvalue weighted by atomic mass is 35.5. The number of hydrogen-bond acceptors (Lipinski definition) is 4. The standard InChI is InChI=1S/C19H20ClN2O3P/c1-15-18(13-8-14-20)19(23)22(17-11-6-3-7-12-17)26(24,25-15)21-16-9-4-2-5-10-16/h2-7,9-12H,8,13-14H2,1H3,(H,21,24). The lowest BCUT2D eigenvalue weighted by atomic mass is 10.1. The van der Waals surface area contributed by atoms with Crippen LogP contribution in [0.3, 0.4) is 0 Å². The summed E-state index contributed by atoms with van der Waals surface area (Å²) in [4.78, 5) is 26.9. The number of alkyl halides is 1. The molecule has 0 radical (unpaired) electrons. The van der Waals surface area contributed by atoms with Gasteiger partial charge in [0.2, 0.25) is 0 Å². The Labute approximate surface area is 158 Å². The lowest BCUT2D eigenvalue weighted by Gasteiger charge is -2.41. The molecule has 136 valence electrons. The van der Waals surface area contributed by atoms with Crippen molar-refractivity contribution < 1.29 is 14.2 Å². The van der Waals surface area contributed by atoms with E-state index in [1.807, 2.05) is 24.3 Å². The Kier molecular flexibility index (Phi) is 5.82. The fraction of sp³-hybridized carbons (Fsp3) is 0.211. The van der Waals surface area contributed by atoms with Crippen LogP contribution in [0, 0.1) is 0 Å². The molecule has 1 atom stereocenters. The van der Waals surface area contributed by atoms with Crippen molar-refractivity contribution in [3.8, 4) is 0 Å². The molecule has 0 saturated heterocycles. The minimum absolute atomic E-state index is 0.322. The van der Waals surface area contributed by atoms with Gasteiger partial charge in [-0.05, 0) is 44.0 Å². The van der Waals surface area contributed by atoms with E-state index in [4.69, 9.17) is 16.1 Å². The number of carbonyl (C=O) groups is 1. The van der Waals surface area contributed by atoms with Crippen molar-refractivity contribution in [3.05, 3.63) is 72.0 Å². The second-order valence-corrected chi connectivity index (χ2v) is 8.09. The van der Waals surface area contributed by atoms with Crippen LogP contribution in [-0.4, -0.2) is 11.8 Å². The summed E-state index contributed by atoms with van der Waals surface area (Å²) in [6.45, 7) is 1.67. The summed E-state index contributed by atoms with van der Waals surface area (Å²) in [5.41, 5.74) is 1.62. The number of nitrogens with one attached hydrogen (secondary N) is 1. The summed E-state index contributed by atoms with van der Waals surface area (Å²) >= 11 is 5.78. The Morgan fingerprint density at radius 1 is 1.12 bits per heavy atom. The summed E-state index contributed by atoms with van der Waals surface area (Å²) in [6.07, 6.45) is 1.12. The van der Waals surface area contributed by atoms with Gasteiger partial charge in [0.1, 0.15) is 0 Å². The molecular formula is C19H20ClN2O3P. The van der Waals surface area contributed by atoms with Crippen LogP contribution in [0.25, 0.3) is 0 Å². The number of para-hydroxylation sites is 2. The van der Waals surface area contributed by atoms with Gasteiger partial charge in [0.25, 0.3) is 5.91 Å². The van der Waals surface area contributed by atoms with E-state index in [1.54, 1.807) is 43.3 Å². The van der Waals surface area contributed by atoms with Crippen LogP contribution in [-0.2, 0) is 9.32 Å². The first-order valence-corrected chi connectivity index (χ1v) is 10.4. The predicted molar refractivity (Wildman–Crippen MR) is 105 cm³/mol. The van der Waals surface area contributed by atoms with Crippen molar-refractivity contribution in [2.24, 2.45) is 0 Å². The normalized spacial score (nSPS) is 20.1. The van der Waals surface area contributed by atoms with Crippen molar-refractivity contribution >= 4 is 36.9 Å². The van der Waals surface area contributed by atoms with Gasteiger partial charge < -0.3 is 9.42 Å². The topological polar surface area (TPSA) is 64.6 Å². The van der Waals surface area contributed by atoms with Crippen molar-refractivity contribution in [2.45, 2.75) is 19.8 Å². The number of benzene rings is 2. The van der Waals surface area contributed by atoms with Gasteiger partial charge in [-0.2, -0.15) is 0 Å². The molecule has 1 N–H and O–H groups in total. The van der Waals surface area contributed by atoms with Crippen LogP contribution in [0.5, 0.6) is 0 Å². The van der Waals surface area contributed by atoms with Gasteiger partial charge in [0, 0.05) is 5.88 Å². The van der Waals surface area contributed by atoms with Gasteiger partial charge >= 0.3 is 8.02 Å². The third-order valence-electron chi connectivity index (χ3n) is 4.00. The molecule has 26 heavy (non-hydrogen) atoms. The van der Waals surface area contributed by atoms with Gasteiger partial charge in [-0.3, -0.25) is 4.79 Å². The third-order valence-corrected chi connectivity index (χ3v) is 6.27. The molecule has 1 unspecified atom stereocenters. The first-order valence-electron chi connectivity index (χ1n) is 8.34. The number of halogens is 1. The van der Waals surface area contributed by atoms with E-state index in [-0.39, 0.29) is 5.91 Å². The average molecular weight is 391 g/mol. The fourth-order valence-electron chi connectivity index (χ4n) is 2.79. The molecule has 0 fully saturated rings. The van der Waals surface area contributed by atoms with E-state index in [9.17, 15) is 9.69 Å². The van der Waals surface area contributed by atoms with Gasteiger partial charge in [-0.25, -0.2) is 5.09 Å². The first-order chi connectivity index (χ1) is 12.5. The highest BCUT2D eigenvalue weighted by molar-refractivity contribution is 7.68. The van der Waals surface area contributed by atoms with Crippen LogP contribution in [0.4, 0.5) is 11.4 Å². The number of carbonyl (C=O) groups excluding carboxylic acids is 1. The quantitative estimate of drug-likeness (QED) is 0.583.